The first kappa shape index (κ1) is 11.4. The summed E-state index contributed by atoms with van der Waals surface area (Å²) in [5.41, 5.74) is 2.48. The third kappa shape index (κ3) is 2.04. The van der Waals surface area contributed by atoms with Crippen LogP contribution in [0.5, 0.6) is 0 Å². The van der Waals surface area contributed by atoms with Crippen LogP contribution < -0.4 is 0 Å². The van der Waals surface area contributed by atoms with Gasteiger partial charge in [0.1, 0.15) is 0 Å². The number of hydrogen-bond acceptors (Lipinski definition) is 3. The Hall–Kier alpha value is -1.66. The second kappa shape index (κ2) is 4.55. The summed E-state index contributed by atoms with van der Waals surface area (Å²) in [5.74, 6) is 0. The summed E-state index contributed by atoms with van der Waals surface area (Å²) in [6, 6.07) is 11.0. The Morgan fingerprint density at radius 3 is 2.89 bits per heavy atom. The highest BCUT2D eigenvalue weighted by Crippen LogP contribution is 2.38. The number of aryl methyl sites for hydroxylation is 1. The first-order valence-corrected chi connectivity index (χ1v) is 7.06. The molecule has 3 heteroatoms. The highest BCUT2D eigenvalue weighted by Gasteiger charge is 2.35. The van der Waals surface area contributed by atoms with Crippen molar-refractivity contribution in [1.29, 1.82) is 5.26 Å². The third-order valence-electron chi connectivity index (χ3n) is 3.73. The monoisotopic (exact) mass is 254 g/mol. The minimum atomic E-state index is -0.258. The molecule has 2 nitrogen and oxygen atoms in total. The van der Waals surface area contributed by atoms with Gasteiger partial charge in [-0.15, -0.1) is 11.3 Å². The molecule has 0 saturated carbocycles. The topological polar surface area (TPSA) is 36.7 Å². The fourth-order valence-electron chi connectivity index (χ4n) is 2.72. The largest absolute Gasteiger partial charge is 0.250 e. The molecule has 90 valence electrons. The molecule has 0 amide bonds. The minimum absolute atomic E-state index is 0.258. The molecule has 0 radical (unpaired) electrons. The van der Waals surface area contributed by atoms with E-state index in [1.807, 2.05) is 11.6 Å². The van der Waals surface area contributed by atoms with Crippen LogP contribution in [0, 0.1) is 16.7 Å². The number of rotatable bonds is 2. The van der Waals surface area contributed by atoms with Gasteiger partial charge in [-0.1, -0.05) is 24.3 Å². The molecule has 3 rings (SSSR count). The van der Waals surface area contributed by atoms with Gasteiger partial charge in [-0.25, -0.2) is 4.98 Å². The van der Waals surface area contributed by atoms with E-state index >= 15 is 0 Å². The molecule has 0 fully saturated rings. The van der Waals surface area contributed by atoms with Crippen LogP contribution in [-0.2, 0) is 19.3 Å². The molecule has 0 saturated heterocycles. The van der Waals surface area contributed by atoms with E-state index in [1.54, 1.807) is 11.3 Å². The van der Waals surface area contributed by atoms with Crippen molar-refractivity contribution in [2.75, 3.05) is 0 Å². The van der Waals surface area contributed by atoms with Crippen molar-refractivity contribution in [3.63, 3.8) is 0 Å². The minimum Gasteiger partial charge on any atom is -0.250 e. The van der Waals surface area contributed by atoms with E-state index in [0.717, 1.165) is 30.7 Å². The first-order chi connectivity index (χ1) is 8.81. The normalized spacial score (nSPS) is 22.2. The number of nitriles is 1. The van der Waals surface area contributed by atoms with Gasteiger partial charge in [0.05, 0.1) is 16.5 Å². The van der Waals surface area contributed by atoms with Crippen molar-refractivity contribution in [3.8, 4) is 6.07 Å². The van der Waals surface area contributed by atoms with Crippen LogP contribution in [0.25, 0.3) is 0 Å². The molecular formula is C15H14N2S. The zero-order valence-corrected chi connectivity index (χ0v) is 10.9. The standard InChI is InChI=1S/C15H14N2S/c16-11-15(10-14-17-7-8-18-14)6-5-12-3-1-2-4-13(12)9-15/h1-4,7-8H,5-6,9-10H2. The lowest BCUT2D eigenvalue weighted by atomic mass is 9.71. The van der Waals surface area contributed by atoms with E-state index in [9.17, 15) is 5.26 Å². The molecule has 0 N–H and O–H groups in total. The summed E-state index contributed by atoms with van der Waals surface area (Å²) in [7, 11) is 0. The van der Waals surface area contributed by atoms with Crippen molar-refractivity contribution in [2.24, 2.45) is 5.41 Å². The number of nitrogens with zero attached hydrogens (tertiary/aromatic N) is 2. The van der Waals surface area contributed by atoms with Gasteiger partial charge in [0.2, 0.25) is 0 Å². The predicted molar refractivity (Wildman–Crippen MR) is 72.3 cm³/mol. The van der Waals surface area contributed by atoms with Crippen molar-refractivity contribution in [1.82, 2.24) is 4.98 Å². The molecule has 18 heavy (non-hydrogen) atoms. The quantitative estimate of drug-likeness (QED) is 0.823. The SMILES string of the molecule is N#CC1(Cc2nccs2)CCc2ccccc2C1. The van der Waals surface area contributed by atoms with Crippen LogP contribution in [0.3, 0.4) is 0 Å². The summed E-state index contributed by atoms with van der Waals surface area (Å²) in [6.45, 7) is 0. The highest BCUT2D eigenvalue weighted by molar-refractivity contribution is 7.09. The second-order valence-corrected chi connectivity index (χ2v) is 5.92. The van der Waals surface area contributed by atoms with Crippen molar-refractivity contribution < 1.29 is 0 Å². The van der Waals surface area contributed by atoms with Crippen LogP contribution >= 0.6 is 11.3 Å². The maximum atomic E-state index is 9.59. The average Bonchev–Trinajstić information content (AvgIpc) is 2.91. The molecular weight excluding hydrogens is 240 g/mol. The smallest absolute Gasteiger partial charge is 0.0940 e. The molecule has 1 atom stereocenters. The summed E-state index contributed by atoms with van der Waals surface area (Å²) in [6.07, 6.45) is 5.42. The predicted octanol–water partition coefficient (Wildman–Crippen LogP) is 3.38. The molecule has 1 aromatic heterocycles. The fraction of sp³-hybridized carbons (Fsp3) is 0.333. The van der Waals surface area contributed by atoms with Crippen LogP contribution in [0.4, 0.5) is 0 Å². The number of fused-ring (bicyclic) bond motifs is 1. The average molecular weight is 254 g/mol. The van der Waals surface area contributed by atoms with Crippen molar-refractivity contribution in [3.05, 3.63) is 52.0 Å². The van der Waals surface area contributed by atoms with E-state index in [-0.39, 0.29) is 5.41 Å². The molecule has 0 aliphatic heterocycles. The summed E-state index contributed by atoms with van der Waals surface area (Å²) in [5, 5.41) is 12.7. The Balaban J connectivity index is 1.89. The van der Waals surface area contributed by atoms with Gasteiger partial charge in [0, 0.05) is 18.0 Å². The molecule has 1 aliphatic carbocycles. The Morgan fingerprint density at radius 1 is 1.33 bits per heavy atom. The first-order valence-electron chi connectivity index (χ1n) is 6.18. The lowest BCUT2D eigenvalue weighted by Gasteiger charge is -2.31. The lowest BCUT2D eigenvalue weighted by Crippen LogP contribution is -2.29. The lowest BCUT2D eigenvalue weighted by molar-refractivity contribution is 0.339. The van der Waals surface area contributed by atoms with Crippen LogP contribution in [0.1, 0.15) is 22.6 Å². The molecule has 1 heterocycles. The Bertz CT molecular complexity index is 583. The van der Waals surface area contributed by atoms with E-state index in [0.29, 0.717) is 0 Å². The molecule has 1 unspecified atom stereocenters. The Labute approximate surface area is 111 Å². The third-order valence-corrected chi connectivity index (χ3v) is 4.51. The number of hydrogen-bond donors (Lipinski definition) is 0. The molecule has 0 spiro atoms. The molecule has 0 bridgehead atoms. The maximum Gasteiger partial charge on any atom is 0.0940 e. The zero-order valence-electron chi connectivity index (χ0n) is 10.1. The molecule has 1 aromatic carbocycles. The summed E-state index contributed by atoms with van der Waals surface area (Å²) < 4.78 is 0. The van der Waals surface area contributed by atoms with Gasteiger partial charge >= 0.3 is 0 Å². The van der Waals surface area contributed by atoms with E-state index in [2.05, 4.69) is 35.3 Å². The number of aromatic nitrogens is 1. The highest BCUT2D eigenvalue weighted by atomic mass is 32.1. The second-order valence-electron chi connectivity index (χ2n) is 4.94. The van der Waals surface area contributed by atoms with Crippen LogP contribution in [0.2, 0.25) is 0 Å². The van der Waals surface area contributed by atoms with Gasteiger partial charge in [-0.2, -0.15) is 5.26 Å². The van der Waals surface area contributed by atoms with Crippen molar-refractivity contribution >= 4 is 11.3 Å². The van der Waals surface area contributed by atoms with E-state index in [4.69, 9.17) is 0 Å². The fourth-order valence-corrected chi connectivity index (χ4v) is 3.48. The summed E-state index contributed by atoms with van der Waals surface area (Å²) >= 11 is 1.65. The van der Waals surface area contributed by atoms with Gasteiger partial charge in [0.15, 0.2) is 0 Å². The van der Waals surface area contributed by atoms with E-state index in [1.165, 1.54) is 11.1 Å². The van der Waals surface area contributed by atoms with Gasteiger partial charge in [-0.3, -0.25) is 0 Å². The summed E-state index contributed by atoms with van der Waals surface area (Å²) in [4.78, 5) is 4.33. The number of thiazole rings is 1. The Kier molecular flexibility index (Phi) is 2.89. The zero-order chi connectivity index (χ0) is 12.4. The van der Waals surface area contributed by atoms with Crippen LogP contribution in [-0.4, -0.2) is 4.98 Å². The maximum absolute atomic E-state index is 9.59. The van der Waals surface area contributed by atoms with Gasteiger partial charge in [-0.05, 0) is 30.4 Å². The Morgan fingerprint density at radius 2 is 2.17 bits per heavy atom. The molecule has 2 aromatic rings. The molecule has 1 aliphatic rings. The van der Waals surface area contributed by atoms with Gasteiger partial charge in [0.25, 0.3) is 0 Å². The van der Waals surface area contributed by atoms with Crippen molar-refractivity contribution in [2.45, 2.75) is 25.7 Å². The number of benzene rings is 1. The van der Waals surface area contributed by atoms with Gasteiger partial charge < -0.3 is 0 Å². The van der Waals surface area contributed by atoms with Crippen LogP contribution in [0.15, 0.2) is 35.8 Å². The van der Waals surface area contributed by atoms with E-state index < -0.39 is 0 Å².